The van der Waals surface area contributed by atoms with Crippen LogP contribution in [0.15, 0.2) is 83.3 Å². The van der Waals surface area contributed by atoms with Gasteiger partial charge in [0.25, 0.3) is 0 Å². The monoisotopic (exact) mass is 670 g/mol. The molecule has 2 atom stereocenters. The van der Waals surface area contributed by atoms with Crippen LogP contribution in [0.4, 0.5) is 11.4 Å². The van der Waals surface area contributed by atoms with Gasteiger partial charge in [0.2, 0.25) is 17.7 Å². The molecule has 0 bridgehead atoms. The fourth-order valence-electron chi connectivity index (χ4n) is 5.87. The van der Waals surface area contributed by atoms with Gasteiger partial charge in [-0.1, -0.05) is 64.5 Å². The van der Waals surface area contributed by atoms with Gasteiger partial charge >= 0.3 is 0 Å². The summed E-state index contributed by atoms with van der Waals surface area (Å²) in [4.78, 5) is 56.7. The number of amides is 3. The number of halogens is 1. The molecule has 1 unspecified atom stereocenters. The van der Waals surface area contributed by atoms with E-state index in [1.807, 2.05) is 42.5 Å². The third-order valence-electron chi connectivity index (χ3n) is 8.72. The molecule has 1 heterocycles. The van der Waals surface area contributed by atoms with E-state index < -0.39 is 17.4 Å². The van der Waals surface area contributed by atoms with Crippen molar-refractivity contribution in [3.05, 3.63) is 100 Å². The van der Waals surface area contributed by atoms with Crippen LogP contribution < -0.4 is 25.6 Å². The molecule has 4 aromatic rings. The van der Waals surface area contributed by atoms with E-state index in [9.17, 15) is 19.2 Å². The molecule has 0 spiro atoms. The maximum absolute atomic E-state index is 14.7. The lowest BCUT2D eigenvalue weighted by Gasteiger charge is -2.36. The lowest BCUT2D eigenvalue weighted by Crippen LogP contribution is -2.63. The molecule has 0 aliphatic carbocycles. The van der Waals surface area contributed by atoms with Crippen LogP contribution in [0.3, 0.4) is 0 Å². The Labute approximate surface area is 270 Å². The van der Waals surface area contributed by atoms with E-state index in [0.717, 1.165) is 20.8 Å². The molecule has 0 saturated carbocycles. The Morgan fingerprint density at radius 3 is 2.33 bits per heavy atom. The highest BCUT2D eigenvalue weighted by atomic mass is 79.9. The SMILES string of the molecule is CNC(C)(C(N)=O)[C@@H]1CN(C(=O)Cc2ccc(C(C)=O)cc2)c2ccccc2N(Cc2c(OC)ccc3cc(Br)ccc23)C1=O. The zero-order valence-electron chi connectivity index (χ0n) is 25.6. The van der Waals surface area contributed by atoms with Gasteiger partial charge in [0.1, 0.15) is 11.3 Å². The number of carbonyl (C=O) groups is 4. The van der Waals surface area contributed by atoms with Crippen molar-refractivity contribution in [3.8, 4) is 5.75 Å². The summed E-state index contributed by atoms with van der Waals surface area (Å²) in [5, 5.41) is 4.84. The maximum atomic E-state index is 14.7. The highest BCUT2D eigenvalue weighted by Crippen LogP contribution is 2.40. The predicted octanol–water partition coefficient (Wildman–Crippen LogP) is 5.02. The number of benzene rings is 4. The summed E-state index contributed by atoms with van der Waals surface area (Å²) in [6.45, 7) is 3.10. The van der Waals surface area contributed by atoms with Crippen LogP contribution in [0, 0.1) is 5.92 Å². The van der Waals surface area contributed by atoms with Crippen molar-refractivity contribution in [2.75, 3.05) is 30.5 Å². The number of ether oxygens (including phenoxy) is 1. The molecule has 3 amide bonds. The number of primary amides is 1. The number of nitrogens with one attached hydrogen (secondary N) is 1. The predicted molar refractivity (Wildman–Crippen MR) is 178 cm³/mol. The molecule has 4 aromatic carbocycles. The van der Waals surface area contributed by atoms with Crippen LogP contribution in [-0.4, -0.2) is 49.7 Å². The van der Waals surface area contributed by atoms with Gasteiger partial charge in [0.05, 0.1) is 37.4 Å². The number of para-hydroxylation sites is 2. The van der Waals surface area contributed by atoms with E-state index >= 15 is 0 Å². The fourth-order valence-corrected chi connectivity index (χ4v) is 6.25. The molecule has 10 heteroatoms. The van der Waals surface area contributed by atoms with Crippen LogP contribution in [0.5, 0.6) is 5.75 Å². The van der Waals surface area contributed by atoms with Crippen molar-refractivity contribution in [2.24, 2.45) is 11.7 Å². The van der Waals surface area contributed by atoms with Crippen LogP contribution >= 0.6 is 15.9 Å². The van der Waals surface area contributed by atoms with Gasteiger partial charge < -0.3 is 25.6 Å². The number of anilines is 2. The Kier molecular flexibility index (Phi) is 9.08. The van der Waals surface area contributed by atoms with Gasteiger partial charge in [-0.15, -0.1) is 0 Å². The van der Waals surface area contributed by atoms with E-state index in [2.05, 4.69) is 21.2 Å². The minimum absolute atomic E-state index is 0.0201. The molecule has 45 heavy (non-hydrogen) atoms. The molecule has 0 radical (unpaired) electrons. The zero-order chi connectivity index (χ0) is 32.5. The summed E-state index contributed by atoms with van der Waals surface area (Å²) in [5.41, 5.74) is 7.53. The average Bonchev–Trinajstić information content (AvgIpc) is 3.15. The van der Waals surface area contributed by atoms with Crippen molar-refractivity contribution in [1.29, 1.82) is 0 Å². The van der Waals surface area contributed by atoms with Gasteiger partial charge in [-0.05, 0) is 67.6 Å². The first-order chi connectivity index (χ1) is 21.5. The van der Waals surface area contributed by atoms with Crippen molar-refractivity contribution < 1.29 is 23.9 Å². The second-order valence-corrected chi connectivity index (χ2v) is 12.2. The van der Waals surface area contributed by atoms with Gasteiger partial charge in [-0.25, -0.2) is 0 Å². The molecule has 9 nitrogen and oxygen atoms in total. The summed E-state index contributed by atoms with van der Waals surface area (Å²) >= 11 is 3.54. The molecule has 0 saturated heterocycles. The lowest BCUT2D eigenvalue weighted by atomic mass is 9.83. The molecule has 3 N–H and O–H groups in total. The average molecular weight is 672 g/mol. The Balaban J connectivity index is 1.65. The first-order valence-electron chi connectivity index (χ1n) is 14.5. The van der Waals surface area contributed by atoms with Crippen molar-refractivity contribution in [1.82, 2.24) is 5.32 Å². The number of nitrogens with two attached hydrogens (primary N) is 1. The molecule has 5 rings (SSSR count). The first-order valence-corrected chi connectivity index (χ1v) is 15.3. The van der Waals surface area contributed by atoms with Crippen LogP contribution in [0.1, 0.15) is 35.3 Å². The Morgan fingerprint density at radius 2 is 1.71 bits per heavy atom. The summed E-state index contributed by atoms with van der Waals surface area (Å²) in [6.07, 6.45) is 0.0201. The van der Waals surface area contributed by atoms with Crippen molar-refractivity contribution in [3.63, 3.8) is 0 Å². The van der Waals surface area contributed by atoms with Gasteiger partial charge in [0.15, 0.2) is 5.78 Å². The van der Waals surface area contributed by atoms with Crippen LogP contribution in [-0.2, 0) is 27.3 Å². The van der Waals surface area contributed by atoms with Gasteiger partial charge in [-0.3, -0.25) is 19.2 Å². The molecule has 0 fully saturated rings. The van der Waals surface area contributed by atoms with E-state index in [4.69, 9.17) is 10.5 Å². The van der Waals surface area contributed by atoms with Gasteiger partial charge in [-0.2, -0.15) is 0 Å². The quantitative estimate of drug-likeness (QED) is 0.241. The fraction of sp³-hybridized carbons (Fsp3) is 0.257. The van der Waals surface area contributed by atoms with E-state index in [0.29, 0.717) is 28.3 Å². The second-order valence-electron chi connectivity index (χ2n) is 11.3. The highest BCUT2D eigenvalue weighted by molar-refractivity contribution is 9.10. The second kappa shape index (κ2) is 12.8. The molecule has 1 aliphatic rings. The normalized spacial score (nSPS) is 16.1. The molecule has 1 aliphatic heterocycles. The maximum Gasteiger partial charge on any atom is 0.238 e. The van der Waals surface area contributed by atoms with E-state index in [-0.39, 0.29) is 37.1 Å². The zero-order valence-corrected chi connectivity index (χ0v) is 27.2. The minimum atomic E-state index is -1.48. The van der Waals surface area contributed by atoms with Gasteiger partial charge in [0, 0.05) is 22.1 Å². The first kappa shape index (κ1) is 31.9. The molecular weight excluding hydrogens is 636 g/mol. The Bertz CT molecular complexity index is 1810. The van der Waals surface area contributed by atoms with E-state index in [1.165, 1.54) is 6.92 Å². The third kappa shape index (κ3) is 6.08. The third-order valence-corrected chi connectivity index (χ3v) is 9.22. The number of fused-ring (bicyclic) bond motifs is 2. The minimum Gasteiger partial charge on any atom is -0.496 e. The topological polar surface area (TPSA) is 122 Å². The number of nitrogens with zero attached hydrogens (tertiary/aromatic N) is 2. The number of methoxy groups -OCH3 is 1. The summed E-state index contributed by atoms with van der Waals surface area (Å²) in [7, 11) is 3.16. The smallest absolute Gasteiger partial charge is 0.238 e. The summed E-state index contributed by atoms with van der Waals surface area (Å²) in [5.74, 6) is -1.85. The van der Waals surface area contributed by atoms with E-state index in [1.54, 1.807) is 67.3 Å². The number of Topliss-reactive ketones (excluding diaryl/α,β-unsaturated/α-hetero) is 1. The number of hydrogen-bond donors (Lipinski definition) is 2. The standard InChI is InChI=1S/C35H35BrN4O5/c1-21(41)23-11-9-22(10-12-23)17-32(42)39-20-28(35(2,38-3)34(37)44)33(43)40(30-8-6-5-7-29(30)39)19-27-26-15-14-25(36)18-24(26)13-16-31(27)45-4/h5-16,18,28,38H,17,19-20H2,1-4H3,(H2,37,44)/t28-,35?/m1/s1. The Morgan fingerprint density at radius 1 is 1.02 bits per heavy atom. The molecule has 0 aromatic heterocycles. The number of hydrogen-bond acceptors (Lipinski definition) is 6. The molecular formula is C35H35BrN4O5. The Hall–Kier alpha value is -4.54. The highest BCUT2D eigenvalue weighted by Gasteiger charge is 2.48. The summed E-state index contributed by atoms with van der Waals surface area (Å²) < 4.78 is 6.68. The largest absolute Gasteiger partial charge is 0.496 e. The van der Waals surface area contributed by atoms with Crippen molar-refractivity contribution in [2.45, 2.75) is 32.4 Å². The van der Waals surface area contributed by atoms with Crippen molar-refractivity contribution >= 4 is 61.6 Å². The number of carbonyl (C=O) groups excluding carboxylic acids is 4. The number of likely N-dealkylation sites (N-methyl/N-ethyl adjacent to an activating group) is 1. The van der Waals surface area contributed by atoms with Crippen LogP contribution in [0.2, 0.25) is 0 Å². The summed E-state index contributed by atoms with van der Waals surface area (Å²) in [6, 6.07) is 23.8. The lowest BCUT2D eigenvalue weighted by molar-refractivity contribution is -0.133. The van der Waals surface area contributed by atoms with Crippen LogP contribution in [0.25, 0.3) is 10.8 Å². The number of ketones is 1. The number of rotatable bonds is 9. The molecule has 232 valence electrons.